The number of aromatic nitrogens is 3. The van der Waals surface area contributed by atoms with Gasteiger partial charge in [-0.25, -0.2) is 9.78 Å². The van der Waals surface area contributed by atoms with Crippen molar-refractivity contribution in [2.75, 3.05) is 27.4 Å². The smallest absolute Gasteiger partial charge is 0.341 e. The molecule has 0 radical (unpaired) electrons. The van der Waals surface area contributed by atoms with Gasteiger partial charge in [0.2, 0.25) is 0 Å². The second kappa shape index (κ2) is 11.0. The molecule has 1 aromatic carbocycles. The molecule has 3 aromatic heterocycles. The minimum atomic E-state index is -0.699. The summed E-state index contributed by atoms with van der Waals surface area (Å²) in [5.41, 5.74) is 0.688. The van der Waals surface area contributed by atoms with E-state index in [1.807, 2.05) is 0 Å². The van der Waals surface area contributed by atoms with E-state index in [2.05, 4.69) is 9.98 Å². The van der Waals surface area contributed by atoms with E-state index >= 15 is 0 Å². The first-order valence-corrected chi connectivity index (χ1v) is 11.4. The molecule has 4 rings (SSSR count). The zero-order valence-corrected chi connectivity index (χ0v) is 20.3. The minimum Gasteiger partial charge on any atom is -0.497 e. The average molecular weight is 491 g/mol. The number of pyridine rings is 2. The molecule has 4 aromatic rings. The molecular weight excluding hydrogens is 464 g/mol. The van der Waals surface area contributed by atoms with Gasteiger partial charge in [-0.05, 0) is 49.7 Å². The van der Waals surface area contributed by atoms with Crippen molar-refractivity contribution in [2.24, 2.45) is 4.99 Å². The molecule has 10 nitrogen and oxygen atoms in total. The summed E-state index contributed by atoms with van der Waals surface area (Å²) < 4.78 is 18.7. The lowest BCUT2D eigenvalue weighted by Gasteiger charge is -2.15. The molecule has 36 heavy (non-hydrogen) atoms. The fraction of sp³-hybridized carbons (Fsp3) is 0.269. The average Bonchev–Trinajstić information content (AvgIpc) is 2.90. The van der Waals surface area contributed by atoms with Crippen molar-refractivity contribution in [1.29, 1.82) is 0 Å². The van der Waals surface area contributed by atoms with E-state index in [1.54, 1.807) is 67.3 Å². The molecule has 0 aliphatic carbocycles. The Kier molecular flexibility index (Phi) is 7.55. The zero-order chi connectivity index (χ0) is 25.7. The van der Waals surface area contributed by atoms with Crippen LogP contribution >= 0.6 is 0 Å². The quantitative estimate of drug-likeness (QED) is 0.212. The Bertz CT molecular complexity index is 1570. The number of hydrogen-bond acceptors (Lipinski definition) is 7. The van der Waals surface area contributed by atoms with Crippen LogP contribution in [0.1, 0.15) is 34.1 Å². The first-order valence-electron chi connectivity index (χ1n) is 11.4. The van der Waals surface area contributed by atoms with Crippen LogP contribution in [-0.2, 0) is 16.0 Å². The molecule has 0 spiro atoms. The molecular formula is C26H26N4O6. The van der Waals surface area contributed by atoms with Gasteiger partial charge in [0.15, 0.2) is 5.49 Å². The number of ether oxygens (including phenoxy) is 3. The van der Waals surface area contributed by atoms with E-state index in [0.717, 1.165) is 0 Å². The molecule has 186 valence electrons. The van der Waals surface area contributed by atoms with Crippen molar-refractivity contribution in [1.82, 2.24) is 14.0 Å². The number of rotatable bonds is 8. The number of carbonyl (C=O) groups excluding carboxylic acids is 2. The topological polar surface area (TPSA) is 113 Å². The maximum absolute atomic E-state index is 13.3. The van der Waals surface area contributed by atoms with Gasteiger partial charge in [0.25, 0.3) is 11.5 Å². The summed E-state index contributed by atoms with van der Waals surface area (Å²) in [5.74, 6) is -0.791. The standard InChI is InChI=1S/C26H26N4O6/c1-4-36-26(33)20-16-19-22(27-21-11-5-6-12-29(21)25(19)32)30(13-8-14-34-2)23(20)28-24(31)17-9-7-10-18(15-17)35-3/h5-7,9-12,15-16H,4,8,13-14H2,1-3H3. The fourth-order valence-corrected chi connectivity index (χ4v) is 3.85. The predicted octanol–water partition coefficient (Wildman–Crippen LogP) is 2.61. The van der Waals surface area contributed by atoms with Gasteiger partial charge in [-0.2, -0.15) is 4.99 Å². The van der Waals surface area contributed by atoms with E-state index in [0.29, 0.717) is 30.1 Å². The van der Waals surface area contributed by atoms with E-state index in [9.17, 15) is 14.4 Å². The van der Waals surface area contributed by atoms with Gasteiger partial charge >= 0.3 is 5.97 Å². The van der Waals surface area contributed by atoms with Crippen LogP contribution in [0.15, 0.2) is 64.5 Å². The fourth-order valence-electron chi connectivity index (χ4n) is 3.85. The molecule has 0 aliphatic rings. The van der Waals surface area contributed by atoms with Crippen LogP contribution in [0.5, 0.6) is 5.75 Å². The number of nitrogens with zero attached hydrogens (tertiary/aromatic N) is 4. The lowest BCUT2D eigenvalue weighted by Crippen LogP contribution is -2.33. The molecule has 0 saturated heterocycles. The number of hydrogen-bond donors (Lipinski definition) is 0. The van der Waals surface area contributed by atoms with Gasteiger partial charge < -0.3 is 18.8 Å². The summed E-state index contributed by atoms with van der Waals surface area (Å²) in [4.78, 5) is 48.6. The normalized spacial score (nSPS) is 11.7. The van der Waals surface area contributed by atoms with Crippen LogP contribution in [0.3, 0.4) is 0 Å². The van der Waals surface area contributed by atoms with Gasteiger partial charge in [0.1, 0.15) is 22.6 Å². The third kappa shape index (κ3) is 4.89. The Hall–Kier alpha value is -4.31. The maximum Gasteiger partial charge on any atom is 0.341 e. The monoisotopic (exact) mass is 490 g/mol. The number of amides is 1. The van der Waals surface area contributed by atoms with Gasteiger partial charge in [0.05, 0.1) is 19.1 Å². The summed E-state index contributed by atoms with van der Waals surface area (Å²) in [7, 11) is 3.08. The summed E-state index contributed by atoms with van der Waals surface area (Å²) in [6.45, 7) is 2.48. The molecule has 10 heteroatoms. The molecule has 1 amide bonds. The van der Waals surface area contributed by atoms with Crippen LogP contribution in [0.4, 0.5) is 0 Å². The van der Waals surface area contributed by atoms with Crippen LogP contribution in [0.25, 0.3) is 16.7 Å². The second-order valence-corrected chi connectivity index (χ2v) is 7.83. The Balaban J connectivity index is 2.07. The Morgan fingerprint density at radius 1 is 1.08 bits per heavy atom. The summed E-state index contributed by atoms with van der Waals surface area (Å²) >= 11 is 0. The summed E-state index contributed by atoms with van der Waals surface area (Å²) in [5, 5.41) is 0.201. The number of aryl methyl sites for hydroxylation is 1. The van der Waals surface area contributed by atoms with Gasteiger partial charge in [0, 0.05) is 32.0 Å². The molecule has 0 fully saturated rings. The Labute approximate surface area is 206 Å². The summed E-state index contributed by atoms with van der Waals surface area (Å²) in [6.07, 6.45) is 2.13. The van der Waals surface area contributed by atoms with Crippen molar-refractivity contribution in [3.05, 3.63) is 81.7 Å². The highest BCUT2D eigenvalue weighted by Gasteiger charge is 2.20. The van der Waals surface area contributed by atoms with Gasteiger partial charge in [-0.15, -0.1) is 0 Å². The highest BCUT2D eigenvalue weighted by molar-refractivity contribution is 5.97. The molecule has 3 heterocycles. The molecule has 0 bridgehead atoms. The van der Waals surface area contributed by atoms with E-state index in [1.165, 1.54) is 17.6 Å². The SMILES string of the molecule is CCOC(=O)c1cc2c(=O)n3ccccc3nc2n(CCCOC)c1=NC(=O)c1cccc(OC)c1. The number of carbonyl (C=O) groups is 2. The third-order valence-corrected chi connectivity index (χ3v) is 5.54. The number of methoxy groups -OCH3 is 2. The maximum atomic E-state index is 13.3. The van der Waals surface area contributed by atoms with E-state index in [4.69, 9.17) is 14.2 Å². The molecule has 0 N–H and O–H groups in total. The lowest BCUT2D eigenvalue weighted by molar-refractivity contribution is 0.0523. The van der Waals surface area contributed by atoms with Crippen molar-refractivity contribution >= 4 is 28.6 Å². The van der Waals surface area contributed by atoms with Gasteiger partial charge in [-0.3, -0.25) is 14.0 Å². The van der Waals surface area contributed by atoms with Crippen LogP contribution < -0.4 is 15.8 Å². The van der Waals surface area contributed by atoms with Crippen molar-refractivity contribution in [3.8, 4) is 5.75 Å². The zero-order valence-electron chi connectivity index (χ0n) is 20.3. The van der Waals surface area contributed by atoms with Crippen LogP contribution in [0, 0.1) is 0 Å². The molecule has 0 saturated carbocycles. The van der Waals surface area contributed by atoms with Crippen molar-refractivity contribution in [2.45, 2.75) is 19.9 Å². The number of fused-ring (bicyclic) bond motifs is 2. The van der Waals surface area contributed by atoms with Gasteiger partial charge in [-0.1, -0.05) is 12.1 Å². The minimum absolute atomic E-state index is 0.00667. The van der Waals surface area contributed by atoms with Crippen molar-refractivity contribution in [3.63, 3.8) is 0 Å². The first-order chi connectivity index (χ1) is 17.5. The van der Waals surface area contributed by atoms with Crippen LogP contribution in [-0.4, -0.2) is 53.3 Å². The third-order valence-electron chi connectivity index (χ3n) is 5.54. The molecule has 0 unspecified atom stereocenters. The largest absolute Gasteiger partial charge is 0.497 e. The summed E-state index contributed by atoms with van der Waals surface area (Å²) in [6, 6.07) is 13.1. The van der Waals surface area contributed by atoms with Crippen molar-refractivity contribution < 1.29 is 23.8 Å². The molecule has 0 aliphatic heterocycles. The Morgan fingerprint density at radius 3 is 2.67 bits per heavy atom. The molecule has 0 atom stereocenters. The first kappa shape index (κ1) is 24.8. The number of esters is 1. The Morgan fingerprint density at radius 2 is 1.92 bits per heavy atom. The van der Waals surface area contributed by atoms with E-state index < -0.39 is 11.9 Å². The van der Waals surface area contributed by atoms with Crippen LogP contribution in [0.2, 0.25) is 0 Å². The lowest BCUT2D eigenvalue weighted by atomic mass is 10.2. The highest BCUT2D eigenvalue weighted by atomic mass is 16.5. The second-order valence-electron chi connectivity index (χ2n) is 7.83. The number of benzene rings is 1. The predicted molar refractivity (Wildman–Crippen MR) is 132 cm³/mol. The highest BCUT2D eigenvalue weighted by Crippen LogP contribution is 2.15. The van der Waals surface area contributed by atoms with E-state index in [-0.39, 0.29) is 40.7 Å².